The molecule has 0 atom stereocenters. The third-order valence-electron chi connectivity index (χ3n) is 6.74. The molecule has 0 amide bonds. The summed E-state index contributed by atoms with van der Waals surface area (Å²) >= 11 is 0. The summed E-state index contributed by atoms with van der Waals surface area (Å²) in [7, 11) is 0. The third-order valence-corrected chi connectivity index (χ3v) is 6.74. The van der Waals surface area contributed by atoms with E-state index in [4.69, 9.17) is 14.2 Å². The number of carbonyl (C=O) groups is 1. The fourth-order valence-corrected chi connectivity index (χ4v) is 4.68. The van der Waals surface area contributed by atoms with E-state index in [0.29, 0.717) is 36.0 Å². The van der Waals surface area contributed by atoms with Crippen LogP contribution >= 0.6 is 0 Å². The number of halogens is 2. The van der Waals surface area contributed by atoms with Crippen molar-refractivity contribution >= 4 is 11.4 Å². The molecule has 0 bridgehead atoms. The van der Waals surface area contributed by atoms with Gasteiger partial charge in [0.2, 0.25) is 0 Å². The Bertz CT molecular complexity index is 1440. The standard InChI is InChI=1S/C29H28F2N2O4/c1-19-26(23(34)15-29(21-10-5-4-6-11-21)17-36-28(2,3)37-18-29)33-14-8-13-24(27(33)32-19)35-16-20-9-7-12-22(30)25(20)31/h4-14H,15-18H2,1-3H3. The van der Waals surface area contributed by atoms with Gasteiger partial charge in [0, 0.05) is 23.6 Å². The molecule has 0 saturated carbocycles. The second-order valence-corrected chi connectivity index (χ2v) is 9.84. The van der Waals surface area contributed by atoms with Crippen molar-refractivity contribution in [1.29, 1.82) is 0 Å². The zero-order valence-corrected chi connectivity index (χ0v) is 21.0. The monoisotopic (exact) mass is 506 g/mol. The lowest BCUT2D eigenvalue weighted by molar-refractivity contribution is -0.269. The Balaban J connectivity index is 1.45. The second-order valence-electron chi connectivity index (χ2n) is 9.84. The highest BCUT2D eigenvalue weighted by Crippen LogP contribution is 2.37. The smallest absolute Gasteiger partial charge is 0.182 e. The fraction of sp³-hybridized carbons (Fsp3) is 0.310. The summed E-state index contributed by atoms with van der Waals surface area (Å²) in [6, 6.07) is 17.1. The predicted molar refractivity (Wildman–Crippen MR) is 134 cm³/mol. The normalized spacial score (nSPS) is 16.6. The van der Waals surface area contributed by atoms with Crippen molar-refractivity contribution in [1.82, 2.24) is 9.38 Å². The number of benzene rings is 2. The van der Waals surface area contributed by atoms with Gasteiger partial charge in [-0.25, -0.2) is 13.8 Å². The van der Waals surface area contributed by atoms with E-state index >= 15 is 0 Å². The van der Waals surface area contributed by atoms with Crippen molar-refractivity contribution < 1.29 is 27.8 Å². The molecule has 0 radical (unpaired) electrons. The minimum absolute atomic E-state index is 0.0895. The topological polar surface area (TPSA) is 62.1 Å². The number of ether oxygens (including phenoxy) is 3. The van der Waals surface area contributed by atoms with Gasteiger partial charge >= 0.3 is 0 Å². The minimum Gasteiger partial charge on any atom is -0.485 e. The van der Waals surface area contributed by atoms with Crippen LogP contribution in [0.25, 0.3) is 5.65 Å². The Morgan fingerprint density at radius 3 is 2.49 bits per heavy atom. The number of carbonyl (C=O) groups excluding carboxylic acids is 1. The van der Waals surface area contributed by atoms with E-state index in [2.05, 4.69) is 4.98 Å². The minimum atomic E-state index is -0.948. The van der Waals surface area contributed by atoms with E-state index in [1.807, 2.05) is 44.2 Å². The van der Waals surface area contributed by atoms with Crippen LogP contribution in [-0.2, 0) is 21.5 Å². The van der Waals surface area contributed by atoms with Gasteiger partial charge in [-0.2, -0.15) is 0 Å². The highest BCUT2D eigenvalue weighted by Gasteiger charge is 2.43. The van der Waals surface area contributed by atoms with Crippen LogP contribution < -0.4 is 4.74 Å². The molecule has 37 heavy (non-hydrogen) atoms. The molecule has 192 valence electrons. The Hall–Kier alpha value is -3.62. The lowest BCUT2D eigenvalue weighted by Gasteiger charge is -2.43. The summed E-state index contributed by atoms with van der Waals surface area (Å²) < 4.78 is 47.2. The van der Waals surface area contributed by atoms with Crippen LogP contribution in [0.2, 0.25) is 0 Å². The summed E-state index contributed by atoms with van der Waals surface area (Å²) in [5.41, 5.74) is 1.79. The molecule has 1 aliphatic heterocycles. The molecule has 0 unspecified atom stereocenters. The number of rotatable bonds is 7. The Morgan fingerprint density at radius 1 is 1.03 bits per heavy atom. The summed E-state index contributed by atoms with van der Waals surface area (Å²) in [5, 5.41) is 0. The first kappa shape index (κ1) is 25.0. The van der Waals surface area contributed by atoms with Gasteiger partial charge in [0.05, 0.1) is 18.9 Å². The Morgan fingerprint density at radius 2 is 1.76 bits per heavy atom. The largest absolute Gasteiger partial charge is 0.485 e. The van der Waals surface area contributed by atoms with Crippen LogP contribution in [-0.4, -0.2) is 34.2 Å². The van der Waals surface area contributed by atoms with Gasteiger partial charge in [-0.15, -0.1) is 0 Å². The van der Waals surface area contributed by atoms with Crippen molar-refractivity contribution in [3.05, 3.63) is 101 Å². The molecule has 2 aromatic heterocycles. The number of pyridine rings is 1. The maximum Gasteiger partial charge on any atom is 0.182 e. The van der Waals surface area contributed by atoms with Crippen LogP contribution in [0.5, 0.6) is 5.75 Å². The molecule has 0 aliphatic carbocycles. The fourth-order valence-electron chi connectivity index (χ4n) is 4.68. The van der Waals surface area contributed by atoms with Gasteiger partial charge in [-0.05, 0) is 44.5 Å². The van der Waals surface area contributed by atoms with E-state index in [0.717, 1.165) is 11.6 Å². The van der Waals surface area contributed by atoms with Crippen LogP contribution in [0, 0.1) is 18.6 Å². The first-order valence-electron chi connectivity index (χ1n) is 12.1. The number of Topliss-reactive ketones (excluding diaryl/α,β-unsaturated/α-hetero) is 1. The third kappa shape index (κ3) is 4.86. The van der Waals surface area contributed by atoms with E-state index in [1.165, 1.54) is 12.1 Å². The van der Waals surface area contributed by atoms with Crippen molar-refractivity contribution in [2.45, 2.75) is 45.0 Å². The van der Waals surface area contributed by atoms with E-state index in [9.17, 15) is 13.6 Å². The molecule has 2 aromatic carbocycles. The van der Waals surface area contributed by atoms with Crippen molar-refractivity contribution in [3.63, 3.8) is 0 Å². The predicted octanol–water partition coefficient (Wildman–Crippen LogP) is 5.79. The summed E-state index contributed by atoms with van der Waals surface area (Å²) in [6.07, 6.45) is 1.89. The highest BCUT2D eigenvalue weighted by molar-refractivity contribution is 5.97. The van der Waals surface area contributed by atoms with E-state index in [-0.39, 0.29) is 24.4 Å². The van der Waals surface area contributed by atoms with Gasteiger partial charge in [-0.1, -0.05) is 42.5 Å². The van der Waals surface area contributed by atoms with Crippen LogP contribution in [0.1, 0.15) is 47.6 Å². The van der Waals surface area contributed by atoms with Crippen molar-refractivity contribution in [3.8, 4) is 5.75 Å². The number of nitrogens with zero attached hydrogens (tertiary/aromatic N) is 2. The molecule has 1 aliphatic rings. The number of aromatic nitrogens is 2. The van der Waals surface area contributed by atoms with Gasteiger partial charge in [-0.3, -0.25) is 9.20 Å². The molecule has 1 saturated heterocycles. The zero-order chi connectivity index (χ0) is 26.2. The van der Waals surface area contributed by atoms with Gasteiger partial charge in [0.15, 0.2) is 34.6 Å². The first-order valence-corrected chi connectivity index (χ1v) is 12.1. The number of aryl methyl sites for hydroxylation is 1. The maximum absolute atomic E-state index is 14.1. The molecule has 1 fully saturated rings. The lowest BCUT2D eigenvalue weighted by atomic mass is 9.76. The Kier molecular flexibility index (Phi) is 6.56. The lowest BCUT2D eigenvalue weighted by Crippen LogP contribution is -2.50. The number of ketones is 1. The SMILES string of the molecule is Cc1nc2c(OCc3cccc(F)c3F)cccn2c1C(=O)CC1(c2ccccc2)COC(C)(C)OC1. The average Bonchev–Trinajstić information content (AvgIpc) is 3.23. The molecule has 4 aromatic rings. The maximum atomic E-state index is 14.1. The number of imidazole rings is 1. The van der Waals surface area contributed by atoms with Gasteiger partial charge in [0.25, 0.3) is 0 Å². The molecule has 8 heteroatoms. The number of hydrogen-bond acceptors (Lipinski definition) is 5. The summed E-state index contributed by atoms with van der Waals surface area (Å²) in [4.78, 5) is 18.4. The van der Waals surface area contributed by atoms with Crippen molar-refractivity contribution in [2.24, 2.45) is 0 Å². The summed E-state index contributed by atoms with van der Waals surface area (Å²) in [6.45, 7) is 5.96. The van der Waals surface area contributed by atoms with Crippen LogP contribution in [0.4, 0.5) is 8.78 Å². The van der Waals surface area contributed by atoms with Crippen LogP contribution in [0.15, 0.2) is 66.9 Å². The van der Waals surface area contributed by atoms with E-state index in [1.54, 1.807) is 29.7 Å². The van der Waals surface area contributed by atoms with Gasteiger partial charge < -0.3 is 14.2 Å². The molecule has 0 N–H and O–H groups in total. The molecular weight excluding hydrogens is 478 g/mol. The molecule has 3 heterocycles. The quantitative estimate of drug-likeness (QED) is 0.297. The first-order chi connectivity index (χ1) is 17.7. The van der Waals surface area contributed by atoms with E-state index < -0.39 is 22.8 Å². The number of fused-ring (bicyclic) bond motifs is 1. The molecular formula is C29H28F2N2O4. The molecule has 6 nitrogen and oxygen atoms in total. The molecule has 0 spiro atoms. The average molecular weight is 507 g/mol. The number of hydrogen-bond donors (Lipinski definition) is 0. The Labute approximate surface area is 213 Å². The van der Waals surface area contributed by atoms with Crippen molar-refractivity contribution in [2.75, 3.05) is 13.2 Å². The zero-order valence-electron chi connectivity index (χ0n) is 21.0. The van der Waals surface area contributed by atoms with Crippen LogP contribution in [0.3, 0.4) is 0 Å². The highest BCUT2D eigenvalue weighted by atomic mass is 19.2. The van der Waals surface area contributed by atoms with Gasteiger partial charge in [0.1, 0.15) is 12.3 Å². The molecule has 5 rings (SSSR count). The summed E-state index contributed by atoms with van der Waals surface area (Å²) in [5.74, 6) is -2.37. The second kappa shape index (κ2) is 9.68.